The molecule has 1 aromatic rings. The number of rotatable bonds is 10. The Morgan fingerprint density at radius 3 is 2.74 bits per heavy atom. The van der Waals surface area contributed by atoms with E-state index in [1.807, 2.05) is 23.0 Å². The normalized spacial score (nSPS) is 14.8. The Balaban J connectivity index is 1.74. The van der Waals surface area contributed by atoms with Crippen molar-refractivity contribution in [3.8, 4) is 0 Å². The molecule has 0 radical (unpaired) electrons. The Kier molecular flexibility index (Phi) is 5.30. The predicted molar refractivity (Wildman–Crippen MR) is 76.7 cm³/mol. The van der Waals surface area contributed by atoms with Gasteiger partial charge in [0, 0.05) is 38.4 Å². The molecule has 1 aromatic heterocycles. The van der Waals surface area contributed by atoms with Crippen LogP contribution in [0.15, 0.2) is 31.5 Å². The molecule has 0 bridgehead atoms. The van der Waals surface area contributed by atoms with Crippen LogP contribution in [0, 0.1) is 0 Å². The number of nitrogens with one attached hydrogen (secondary N) is 1. The van der Waals surface area contributed by atoms with Gasteiger partial charge in [-0.2, -0.15) is 0 Å². The molecule has 0 amide bonds. The quantitative estimate of drug-likeness (QED) is 0.643. The lowest BCUT2D eigenvalue weighted by molar-refractivity contribution is 0.311. The molecule has 0 saturated heterocycles. The largest absolute Gasteiger partial charge is 0.308 e. The highest BCUT2D eigenvalue weighted by atomic mass is 15.4. The van der Waals surface area contributed by atoms with E-state index < -0.39 is 0 Å². The third-order valence-electron chi connectivity index (χ3n) is 3.16. The minimum atomic E-state index is 0.709. The van der Waals surface area contributed by atoms with E-state index >= 15 is 0 Å². The Labute approximate surface area is 115 Å². The lowest BCUT2D eigenvalue weighted by atomic mass is 10.4. The fourth-order valence-corrected chi connectivity index (χ4v) is 1.93. The van der Waals surface area contributed by atoms with Gasteiger partial charge in [-0.25, -0.2) is 0 Å². The lowest BCUT2D eigenvalue weighted by Gasteiger charge is -2.17. The summed E-state index contributed by atoms with van der Waals surface area (Å²) in [5, 5.41) is 11.8. The highest BCUT2D eigenvalue weighted by molar-refractivity contribution is 4.94. The van der Waals surface area contributed by atoms with Gasteiger partial charge in [0.05, 0.1) is 12.2 Å². The molecule has 19 heavy (non-hydrogen) atoms. The molecule has 1 aliphatic carbocycles. The van der Waals surface area contributed by atoms with Crippen molar-refractivity contribution in [2.45, 2.75) is 32.0 Å². The van der Waals surface area contributed by atoms with E-state index in [0.29, 0.717) is 6.04 Å². The van der Waals surface area contributed by atoms with E-state index in [2.05, 4.69) is 33.7 Å². The number of hydrogen-bond donors (Lipinski definition) is 1. The summed E-state index contributed by atoms with van der Waals surface area (Å²) in [7, 11) is 0. The zero-order valence-electron chi connectivity index (χ0n) is 11.5. The third-order valence-corrected chi connectivity index (χ3v) is 3.16. The molecule has 1 aliphatic rings. The van der Waals surface area contributed by atoms with E-state index in [9.17, 15) is 0 Å². The summed E-state index contributed by atoms with van der Waals surface area (Å²) in [6, 6.07) is 0.709. The van der Waals surface area contributed by atoms with Crippen molar-refractivity contribution in [2.75, 3.05) is 19.6 Å². The lowest BCUT2D eigenvalue weighted by Crippen LogP contribution is -2.28. The van der Waals surface area contributed by atoms with Gasteiger partial charge in [0.25, 0.3) is 0 Å². The van der Waals surface area contributed by atoms with Crippen LogP contribution in [-0.2, 0) is 13.1 Å². The van der Waals surface area contributed by atoms with Crippen molar-refractivity contribution in [1.82, 2.24) is 25.2 Å². The Morgan fingerprint density at radius 1 is 1.37 bits per heavy atom. The van der Waals surface area contributed by atoms with Crippen LogP contribution in [0.1, 0.15) is 18.5 Å². The van der Waals surface area contributed by atoms with Gasteiger partial charge in [-0.15, -0.1) is 18.3 Å². The van der Waals surface area contributed by atoms with Crippen molar-refractivity contribution in [3.05, 3.63) is 37.2 Å². The topological polar surface area (TPSA) is 46.0 Å². The van der Waals surface area contributed by atoms with Gasteiger partial charge in [-0.3, -0.25) is 9.58 Å². The minimum Gasteiger partial charge on any atom is -0.308 e. The first-order valence-electron chi connectivity index (χ1n) is 6.88. The van der Waals surface area contributed by atoms with Crippen LogP contribution in [0.4, 0.5) is 0 Å². The highest BCUT2D eigenvalue weighted by Crippen LogP contribution is 2.18. The molecular formula is C14H23N5. The van der Waals surface area contributed by atoms with Gasteiger partial charge in [-0.05, 0) is 12.8 Å². The zero-order chi connectivity index (χ0) is 13.5. The summed E-state index contributed by atoms with van der Waals surface area (Å²) in [5.41, 5.74) is 1.02. The van der Waals surface area contributed by atoms with Gasteiger partial charge in [0.2, 0.25) is 0 Å². The number of hydrogen-bond acceptors (Lipinski definition) is 4. The molecule has 1 N–H and O–H groups in total. The van der Waals surface area contributed by atoms with Crippen LogP contribution >= 0.6 is 0 Å². The Morgan fingerprint density at radius 2 is 2.11 bits per heavy atom. The van der Waals surface area contributed by atoms with E-state index in [1.165, 1.54) is 12.8 Å². The van der Waals surface area contributed by atoms with Gasteiger partial charge in [0.15, 0.2) is 0 Å². The first kappa shape index (κ1) is 14.0. The maximum Gasteiger partial charge on any atom is 0.0964 e. The van der Waals surface area contributed by atoms with E-state index in [0.717, 1.165) is 38.4 Å². The summed E-state index contributed by atoms with van der Waals surface area (Å²) in [4.78, 5) is 2.27. The van der Waals surface area contributed by atoms with Crippen LogP contribution in [0.5, 0.6) is 0 Å². The molecule has 104 valence electrons. The van der Waals surface area contributed by atoms with Crippen molar-refractivity contribution in [3.63, 3.8) is 0 Å². The fourth-order valence-electron chi connectivity index (χ4n) is 1.93. The van der Waals surface area contributed by atoms with E-state index in [1.54, 1.807) is 0 Å². The van der Waals surface area contributed by atoms with Crippen LogP contribution in [0.25, 0.3) is 0 Å². The molecule has 0 aliphatic heterocycles. The third kappa shape index (κ3) is 4.96. The van der Waals surface area contributed by atoms with Crippen LogP contribution in [0.2, 0.25) is 0 Å². The van der Waals surface area contributed by atoms with Gasteiger partial charge in [0.1, 0.15) is 0 Å². The fraction of sp³-hybridized carbons (Fsp3) is 0.571. The molecule has 2 rings (SSSR count). The first-order valence-corrected chi connectivity index (χ1v) is 6.88. The average molecular weight is 261 g/mol. The van der Waals surface area contributed by atoms with E-state index in [4.69, 9.17) is 0 Å². The molecule has 5 heteroatoms. The monoisotopic (exact) mass is 261 g/mol. The molecule has 1 fully saturated rings. The molecule has 0 aromatic carbocycles. The summed E-state index contributed by atoms with van der Waals surface area (Å²) in [6.45, 7) is 11.9. The summed E-state index contributed by atoms with van der Waals surface area (Å²) >= 11 is 0. The second kappa shape index (κ2) is 7.21. The maximum atomic E-state index is 4.18. The zero-order valence-corrected chi connectivity index (χ0v) is 11.5. The number of aromatic nitrogens is 3. The highest BCUT2D eigenvalue weighted by Gasteiger charge is 2.20. The molecule has 5 nitrogen and oxygen atoms in total. The predicted octanol–water partition coefficient (Wildman–Crippen LogP) is 1.20. The van der Waals surface area contributed by atoms with Crippen molar-refractivity contribution in [1.29, 1.82) is 0 Å². The summed E-state index contributed by atoms with van der Waals surface area (Å²) < 4.78 is 1.91. The first-order chi connectivity index (χ1) is 9.31. The van der Waals surface area contributed by atoms with Gasteiger partial charge < -0.3 is 5.32 Å². The maximum absolute atomic E-state index is 4.18. The van der Waals surface area contributed by atoms with Crippen LogP contribution < -0.4 is 5.32 Å². The molecule has 0 atom stereocenters. The molecule has 1 heterocycles. The second-order valence-electron chi connectivity index (χ2n) is 4.97. The SMILES string of the molecule is C=CCN(CC=C)CCn1cc(CNC2CC2)nn1. The average Bonchev–Trinajstić information content (AvgIpc) is 3.13. The number of nitrogens with zero attached hydrogens (tertiary/aromatic N) is 4. The molecule has 1 saturated carbocycles. The van der Waals surface area contributed by atoms with Crippen molar-refractivity contribution < 1.29 is 0 Å². The standard InChI is InChI=1S/C14H23N5/c1-3-7-18(8-4-2)9-10-19-12-14(16-17-19)11-15-13-5-6-13/h3-4,12-13,15H,1-2,5-11H2. The summed E-state index contributed by atoms with van der Waals surface area (Å²) in [6.07, 6.45) is 8.44. The Hall–Kier alpha value is -1.46. The molecule has 0 spiro atoms. The minimum absolute atomic E-state index is 0.709. The van der Waals surface area contributed by atoms with Gasteiger partial charge in [-0.1, -0.05) is 17.4 Å². The summed E-state index contributed by atoms with van der Waals surface area (Å²) in [5.74, 6) is 0. The second-order valence-corrected chi connectivity index (χ2v) is 4.97. The van der Waals surface area contributed by atoms with Gasteiger partial charge >= 0.3 is 0 Å². The van der Waals surface area contributed by atoms with E-state index in [-0.39, 0.29) is 0 Å². The van der Waals surface area contributed by atoms with Crippen LogP contribution in [-0.4, -0.2) is 45.6 Å². The Bertz CT molecular complexity index is 398. The van der Waals surface area contributed by atoms with Crippen molar-refractivity contribution in [2.24, 2.45) is 0 Å². The van der Waals surface area contributed by atoms with Crippen LogP contribution in [0.3, 0.4) is 0 Å². The van der Waals surface area contributed by atoms with Crippen molar-refractivity contribution >= 4 is 0 Å². The molecular weight excluding hydrogens is 238 g/mol. The molecule has 0 unspecified atom stereocenters. The smallest absolute Gasteiger partial charge is 0.0964 e.